The fraction of sp³-hybridized carbons (Fsp3) is 0.200. The first-order valence-electron chi connectivity index (χ1n) is 6.81. The number of carbonyl (C=O) groups is 3. The first-order valence-corrected chi connectivity index (χ1v) is 6.81. The maximum Gasteiger partial charge on any atom is 0.346 e. The van der Waals surface area contributed by atoms with Gasteiger partial charge >= 0.3 is 11.9 Å². The molecule has 0 spiro atoms. The summed E-state index contributed by atoms with van der Waals surface area (Å²) in [5, 5.41) is 2.77. The van der Waals surface area contributed by atoms with E-state index in [9.17, 15) is 14.4 Å². The number of aryl methyl sites for hydroxylation is 1. The molecule has 2 heterocycles. The van der Waals surface area contributed by atoms with Crippen LogP contribution in [0.15, 0.2) is 30.7 Å². The Morgan fingerprint density at radius 2 is 2.05 bits per heavy atom. The van der Waals surface area contributed by atoms with Crippen molar-refractivity contribution in [2.75, 3.05) is 6.54 Å². The lowest BCUT2D eigenvalue weighted by Gasteiger charge is -2.05. The molecular formula is C15H13N3O4. The summed E-state index contributed by atoms with van der Waals surface area (Å²) in [4.78, 5) is 41.7. The molecule has 1 aromatic heterocycles. The van der Waals surface area contributed by atoms with Crippen molar-refractivity contribution in [2.24, 2.45) is 0 Å². The molecule has 7 heteroatoms. The van der Waals surface area contributed by atoms with Gasteiger partial charge in [0.05, 0.1) is 17.5 Å². The van der Waals surface area contributed by atoms with E-state index in [4.69, 9.17) is 0 Å². The Kier molecular flexibility index (Phi) is 3.69. The molecule has 0 bridgehead atoms. The van der Waals surface area contributed by atoms with Gasteiger partial charge in [0.1, 0.15) is 0 Å². The van der Waals surface area contributed by atoms with Gasteiger partial charge in [-0.25, -0.2) is 14.6 Å². The van der Waals surface area contributed by atoms with E-state index in [-0.39, 0.29) is 17.0 Å². The van der Waals surface area contributed by atoms with E-state index in [1.165, 1.54) is 18.2 Å². The van der Waals surface area contributed by atoms with E-state index in [1.807, 2.05) is 0 Å². The van der Waals surface area contributed by atoms with Crippen LogP contribution < -0.4 is 5.32 Å². The molecule has 22 heavy (non-hydrogen) atoms. The monoisotopic (exact) mass is 299 g/mol. The Labute approximate surface area is 125 Å². The summed E-state index contributed by atoms with van der Waals surface area (Å²) in [6.45, 7) is 0.498. The number of cyclic esters (lactones) is 2. The highest BCUT2D eigenvalue weighted by Gasteiger charge is 2.30. The van der Waals surface area contributed by atoms with Gasteiger partial charge < -0.3 is 15.0 Å². The lowest BCUT2D eigenvalue weighted by Crippen LogP contribution is -2.25. The molecule has 0 atom stereocenters. The van der Waals surface area contributed by atoms with Crippen LogP contribution in [0.3, 0.4) is 0 Å². The minimum Gasteiger partial charge on any atom is -0.386 e. The Bertz CT molecular complexity index is 737. The second kappa shape index (κ2) is 5.80. The SMILES string of the molecule is O=C(NCCCc1cnc[nH]1)c1ccc2c(c1)C(=O)OC2=O. The van der Waals surface area contributed by atoms with E-state index in [1.54, 1.807) is 12.5 Å². The smallest absolute Gasteiger partial charge is 0.346 e. The van der Waals surface area contributed by atoms with Crippen LogP contribution in [0.25, 0.3) is 0 Å². The molecule has 0 saturated carbocycles. The molecule has 1 amide bonds. The first-order chi connectivity index (χ1) is 10.6. The number of imidazole rings is 1. The van der Waals surface area contributed by atoms with Crippen molar-refractivity contribution in [3.8, 4) is 0 Å². The number of aromatic nitrogens is 2. The first kappa shape index (κ1) is 14.0. The van der Waals surface area contributed by atoms with E-state index in [0.717, 1.165) is 18.5 Å². The van der Waals surface area contributed by atoms with E-state index in [0.29, 0.717) is 12.1 Å². The summed E-state index contributed by atoms with van der Waals surface area (Å²) >= 11 is 0. The molecule has 1 aliphatic heterocycles. The standard InChI is InChI=1S/C15H13N3O4/c19-13(17-5-1-2-10-7-16-8-18-10)9-3-4-11-12(6-9)15(21)22-14(11)20/h3-4,6-8H,1-2,5H2,(H,16,18)(H,17,19). The van der Waals surface area contributed by atoms with Crippen LogP contribution in [0.4, 0.5) is 0 Å². The predicted molar refractivity (Wildman–Crippen MR) is 75.4 cm³/mol. The molecule has 0 saturated heterocycles. The number of esters is 2. The predicted octanol–water partition coefficient (Wildman–Crippen LogP) is 1.08. The Morgan fingerprint density at radius 3 is 2.82 bits per heavy atom. The number of fused-ring (bicyclic) bond motifs is 1. The third-order valence-electron chi connectivity index (χ3n) is 3.37. The van der Waals surface area contributed by atoms with Gasteiger partial charge in [-0.2, -0.15) is 0 Å². The van der Waals surface area contributed by atoms with Gasteiger partial charge in [0.2, 0.25) is 0 Å². The minimum absolute atomic E-state index is 0.134. The number of rotatable bonds is 5. The molecule has 112 valence electrons. The van der Waals surface area contributed by atoms with Crippen LogP contribution in [0.1, 0.15) is 43.2 Å². The lowest BCUT2D eigenvalue weighted by atomic mass is 10.1. The van der Waals surface area contributed by atoms with Crippen LogP contribution in [-0.4, -0.2) is 34.4 Å². The number of hydrogen-bond donors (Lipinski definition) is 2. The zero-order chi connectivity index (χ0) is 15.5. The van der Waals surface area contributed by atoms with Crippen molar-refractivity contribution in [2.45, 2.75) is 12.8 Å². The van der Waals surface area contributed by atoms with Crippen molar-refractivity contribution in [1.82, 2.24) is 15.3 Å². The fourth-order valence-corrected chi connectivity index (χ4v) is 2.23. The normalized spacial score (nSPS) is 12.9. The average molecular weight is 299 g/mol. The molecule has 2 aromatic rings. The second-order valence-electron chi connectivity index (χ2n) is 4.87. The number of ether oxygens (including phenoxy) is 1. The molecular weight excluding hydrogens is 286 g/mol. The van der Waals surface area contributed by atoms with Gasteiger partial charge in [-0.05, 0) is 31.0 Å². The zero-order valence-electron chi connectivity index (χ0n) is 11.6. The topological polar surface area (TPSA) is 101 Å². The Morgan fingerprint density at radius 1 is 1.23 bits per heavy atom. The molecule has 1 aromatic carbocycles. The molecule has 0 radical (unpaired) electrons. The fourth-order valence-electron chi connectivity index (χ4n) is 2.23. The summed E-state index contributed by atoms with van der Waals surface area (Å²) in [6.07, 6.45) is 4.90. The van der Waals surface area contributed by atoms with Gasteiger partial charge in [-0.1, -0.05) is 0 Å². The van der Waals surface area contributed by atoms with Crippen molar-refractivity contribution < 1.29 is 19.1 Å². The Hall–Kier alpha value is -2.96. The third kappa shape index (κ3) is 2.73. The van der Waals surface area contributed by atoms with Gasteiger partial charge in [-0.15, -0.1) is 0 Å². The zero-order valence-corrected chi connectivity index (χ0v) is 11.6. The van der Waals surface area contributed by atoms with Crippen LogP contribution in [0, 0.1) is 0 Å². The van der Waals surface area contributed by atoms with Crippen molar-refractivity contribution in [3.63, 3.8) is 0 Å². The quantitative estimate of drug-likeness (QED) is 0.489. The highest BCUT2D eigenvalue weighted by Crippen LogP contribution is 2.21. The molecule has 1 aliphatic rings. The number of H-pyrrole nitrogens is 1. The van der Waals surface area contributed by atoms with Gasteiger partial charge in [0.15, 0.2) is 0 Å². The number of nitrogens with one attached hydrogen (secondary N) is 2. The Balaban J connectivity index is 1.58. The maximum atomic E-state index is 12.0. The molecule has 7 nitrogen and oxygen atoms in total. The molecule has 0 aliphatic carbocycles. The molecule has 3 rings (SSSR count). The van der Waals surface area contributed by atoms with Crippen molar-refractivity contribution >= 4 is 17.8 Å². The van der Waals surface area contributed by atoms with Gasteiger partial charge in [-0.3, -0.25) is 4.79 Å². The van der Waals surface area contributed by atoms with E-state index < -0.39 is 11.9 Å². The summed E-state index contributed by atoms with van der Waals surface area (Å²) in [7, 11) is 0. The van der Waals surface area contributed by atoms with Crippen molar-refractivity contribution in [1.29, 1.82) is 0 Å². The number of hydrogen-bond acceptors (Lipinski definition) is 5. The molecule has 0 fully saturated rings. The summed E-state index contributed by atoms with van der Waals surface area (Å²) in [5.74, 6) is -1.68. The van der Waals surface area contributed by atoms with Crippen LogP contribution in [0.5, 0.6) is 0 Å². The second-order valence-corrected chi connectivity index (χ2v) is 4.87. The minimum atomic E-state index is -0.714. The maximum absolute atomic E-state index is 12.0. The summed E-state index contributed by atoms with van der Waals surface area (Å²) < 4.78 is 4.49. The largest absolute Gasteiger partial charge is 0.386 e. The number of nitrogens with zero attached hydrogens (tertiary/aromatic N) is 1. The third-order valence-corrected chi connectivity index (χ3v) is 3.37. The average Bonchev–Trinajstić information content (AvgIpc) is 3.12. The van der Waals surface area contributed by atoms with Crippen LogP contribution in [0.2, 0.25) is 0 Å². The lowest BCUT2D eigenvalue weighted by molar-refractivity contribution is 0.0443. The summed E-state index contributed by atoms with van der Waals surface area (Å²) in [6, 6.07) is 4.32. The number of amides is 1. The molecule has 2 N–H and O–H groups in total. The van der Waals surface area contributed by atoms with Crippen LogP contribution >= 0.6 is 0 Å². The number of benzene rings is 1. The molecule has 0 unspecified atom stereocenters. The highest BCUT2D eigenvalue weighted by molar-refractivity contribution is 6.15. The van der Waals surface area contributed by atoms with Crippen molar-refractivity contribution in [3.05, 3.63) is 53.1 Å². The van der Waals surface area contributed by atoms with E-state index in [2.05, 4.69) is 20.0 Å². The van der Waals surface area contributed by atoms with Crippen LogP contribution in [-0.2, 0) is 11.2 Å². The van der Waals surface area contributed by atoms with E-state index >= 15 is 0 Å². The van der Waals surface area contributed by atoms with Gasteiger partial charge in [0, 0.05) is 24.0 Å². The van der Waals surface area contributed by atoms with Gasteiger partial charge in [0.25, 0.3) is 5.91 Å². The summed E-state index contributed by atoms with van der Waals surface area (Å²) in [5.41, 5.74) is 1.66. The number of aromatic amines is 1. The highest BCUT2D eigenvalue weighted by atomic mass is 16.6. The number of carbonyl (C=O) groups excluding carboxylic acids is 3.